The Kier molecular flexibility index (Phi) is 8.02. The molecule has 186 valence electrons. The third-order valence-corrected chi connectivity index (χ3v) is 6.58. The molecule has 1 fully saturated rings. The maximum absolute atomic E-state index is 13.7. The number of rotatable bonds is 8. The zero-order valence-corrected chi connectivity index (χ0v) is 20.6. The Bertz CT molecular complexity index is 1090. The molecule has 0 aliphatic carbocycles. The second-order valence-electron chi connectivity index (χ2n) is 8.71. The maximum Gasteiger partial charge on any atom is 0.323 e. The average molecular weight is 480 g/mol. The number of benzene rings is 2. The smallest absolute Gasteiger partial charge is 0.323 e. The van der Waals surface area contributed by atoms with Gasteiger partial charge in [0.25, 0.3) is 5.91 Å². The number of piperidine rings is 1. The average Bonchev–Trinajstić information content (AvgIpc) is 3.35. The Labute approximate surface area is 206 Å². The van der Waals surface area contributed by atoms with E-state index in [-0.39, 0.29) is 24.5 Å². The molecule has 35 heavy (non-hydrogen) atoms. The van der Waals surface area contributed by atoms with Crippen molar-refractivity contribution in [1.82, 2.24) is 9.91 Å². The van der Waals surface area contributed by atoms with Crippen molar-refractivity contribution in [2.24, 2.45) is 5.10 Å². The van der Waals surface area contributed by atoms with Crippen LogP contribution in [-0.2, 0) is 14.3 Å². The molecule has 1 amide bonds. The molecule has 0 N–H and O–H groups in total. The van der Waals surface area contributed by atoms with Crippen LogP contribution in [0.5, 0.6) is 11.5 Å². The van der Waals surface area contributed by atoms with E-state index in [9.17, 15) is 9.59 Å². The van der Waals surface area contributed by atoms with Crippen molar-refractivity contribution >= 4 is 17.6 Å². The van der Waals surface area contributed by atoms with E-state index in [1.165, 1.54) is 0 Å². The fourth-order valence-electron chi connectivity index (χ4n) is 4.83. The molecular formula is C27H33N3O5. The van der Waals surface area contributed by atoms with E-state index in [0.29, 0.717) is 31.7 Å². The van der Waals surface area contributed by atoms with Crippen LogP contribution < -0.4 is 9.47 Å². The van der Waals surface area contributed by atoms with Crippen LogP contribution in [0.1, 0.15) is 49.8 Å². The topological polar surface area (TPSA) is 80.7 Å². The van der Waals surface area contributed by atoms with Gasteiger partial charge in [-0.15, -0.1) is 0 Å². The van der Waals surface area contributed by atoms with Gasteiger partial charge >= 0.3 is 5.97 Å². The first-order valence-corrected chi connectivity index (χ1v) is 12.1. The minimum absolute atomic E-state index is 0.101. The quantitative estimate of drug-likeness (QED) is 0.536. The van der Waals surface area contributed by atoms with Gasteiger partial charge in [0.1, 0.15) is 17.5 Å². The summed E-state index contributed by atoms with van der Waals surface area (Å²) in [5.74, 6) is 1.02. The molecule has 0 spiro atoms. The lowest BCUT2D eigenvalue weighted by Gasteiger charge is -2.34. The Morgan fingerprint density at radius 1 is 1.06 bits per heavy atom. The standard InChI is InChI=1S/C27H33N3O5/c1-4-35-27(32)23-13-7-8-15-29(23)18-26(31)30-24(21-12-5-6-14-25(21)34-3)17-22(28-30)19-10-9-11-20(16-19)33-2/h5-6,9-12,14,16,23-24H,4,7-8,13,15,17-18H2,1-3H3/t23-,24+/m0/s1. The van der Waals surface area contributed by atoms with Crippen LogP contribution in [-0.4, -0.2) is 67.5 Å². The second kappa shape index (κ2) is 11.4. The van der Waals surface area contributed by atoms with E-state index < -0.39 is 6.04 Å². The van der Waals surface area contributed by atoms with Gasteiger partial charge < -0.3 is 14.2 Å². The van der Waals surface area contributed by atoms with Gasteiger partial charge in [0.15, 0.2) is 0 Å². The number of esters is 1. The van der Waals surface area contributed by atoms with Gasteiger partial charge in [0.05, 0.1) is 39.1 Å². The van der Waals surface area contributed by atoms with Crippen LogP contribution in [0.4, 0.5) is 0 Å². The van der Waals surface area contributed by atoms with E-state index in [1.807, 2.05) is 53.4 Å². The highest BCUT2D eigenvalue weighted by Gasteiger charge is 2.38. The molecular weight excluding hydrogens is 446 g/mol. The van der Waals surface area contributed by atoms with Crippen LogP contribution in [0.2, 0.25) is 0 Å². The molecule has 0 unspecified atom stereocenters. The van der Waals surface area contributed by atoms with Gasteiger partial charge in [-0.05, 0) is 44.5 Å². The summed E-state index contributed by atoms with van der Waals surface area (Å²) < 4.78 is 16.3. The lowest BCUT2D eigenvalue weighted by Crippen LogP contribution is -2.49. The molecule has 0 saturated carbocycles. The summed E-state index contributed by atoms with van der Waals surface area (Å²) in [6.07, 6.45) is 3.12. The highest BCUT2D eigenvalue weighted by atomic mass is 16.5. The molecule has 0 bridgehead atoms. The Morgan fingerprint density at radius 3 is 2.66 bits per heavy atom. The minimum atomic E-state index is -0.401. The lowest BCUT2D eigenvalue weighted by molar-refractivity contribution is -0.152. The number of amides is 1. The van der Waals surface area contributed by atoms with Gasteiger partial charge in [-0.3, -0.25) is 14.5 Å². The number of para-hydroxylation sites is 1. The monoisotopic (exact) mass is 479 g/mol. The van der Waals surface area contributed by atoms with Crippen LogP contribution >= 0.6 is 0 Å². The minimum Gasteiger partial charge on any atom is -0.497 e. The third kappa shape index (κ3) is 5.48. The number of hydrogen-bond acceptors (Lipinski definition) is 7. The van der Waals surface area contributed by atoms with Crippen molar-refractivity contribution in [3.05, 3.63) is 59.7 Å². The summed E-state index contributed by atoms with van der Waals surface area (Å²) in [7, 11) is 3.25. The van der Waals surface area contributed by atoms with Gasteiger partial charge in [0, 0.05) is 17.5 Å². The first-order chi connectivity index (χ1) is 17.0. The van der Waals surface area contributed by atoms with Crippen molar-refractivity contribution in [3.8, 4) is 11.5 Å². The molecule has 2 aliphatic rings. The fourth-order valence-corrected chi connectivity index (χ4v) is 4.83. The second-order valence-corrected chi connectivity index (χ2v) is 8.71. The molecule has 2 atom stereocenters. The first-order valence-electron chi connectivity index (χ1n) is 12.1. The van der Waals surface area contributed by atoms with Crippen molar-refractivity contribution in [1.29, 1.82) is 0 Å². The molecule has 2 heterocycles. The van der Waals surface area contributed by atoms with Crippen molar-refractivity contribution < 1.29 is 23.8 Å². The highest BCUT2D eigenvalue weighted by Crippen LogP contribution is 2.38. The van der Waals surface area contributed by atoms with E-state index in [4.69, 9.17) is 19.3 Å². The normalized spacial score (nSPS) is 20.3. The Hall–Kier alpha value is -3.39. The van der Waals surface area contributed by atoms with E-state index in [2.05, 4.69) is 0 Å². The fraction of sp³-hybridized carbons (Fsp3) is 0.444. The van der Waals surface area contributed by atoms with Crippen LogP contribution in [0.3, 0.4) is 0 Å². The number of hydrazone groups is 1. The number of carbonyl (C=O) groups excluding carboxylic acids is 2. The largest absolute Gasteiger partial charge is 0.497 e. The highest BCUT2D eigenvalue weighted by molar-refractivity contribution is 6.03. The van der Waals surface area contributed by atoms with E-state index in [1.54, 1.807) is 26.2 Å². The molecule has 8 heteroatoms. The molecule has 0 aromatic heterocycles. The van der Waals surface area contributed by atoms with Gasteiger partial charge in [-0.25, -0.2) is 5.01 Å². The predicted octanol–water partition coefficient (Wildman–Crippen LogP) is 3.80. The molecule has 0 radical (unpaired) electrons. The zero-order valence-electron chi connectivity index (χ0n) is 20.6. The zero-order chi connectivity index (χ0) is 24.8. The number of ether oxygens (including phenoxy) is 3. The molecule has 2 aromatic carbocycles. The molecule has 4 rings (SSSR count). The lowest BCUT2D eigenvalue weighted by atomic mass is 9.97. The Balaban J connectivity index is 1.64. The summed E-state index contributed by atoms with van der Waals surface area (Å²) in [5, 5.41) is 6.34. The van der Waals surface area contributed by atoms with Crippen molar-refractivity contribution in [2.75, 3.05) is 33.9 Å². The van der Waals surface area contributed by atoms with Crippen LogP contribution in [0.25, 0.3) is 0 Å². The SMILES string of the molecule is CCOC(=O)[C@@H]1CCCCN1CC(=O)N1N=C(c2cccc(OC)c2)C[C@@H]1c1ccccc1OC. The summed E-state index contributed by atoms with van der Waals surface area (Å²) in [6, 6.07) is 14.7. The first kappa shape index (κ1) is 24.7. The van der Waals surface area contributed by atoms with Gasteiger partial charge in [-0.1, -0.05) is 36.8 Å². The maximum atomic E-state index is 13.7. The molecule has 1 saturated heterocycles. The number of methoxy groups -OCH3 is 2. The third-order valence-electron chi connectivity index (χ3n) is 6.58. The van der Waals surface area contributed by atoms with Gasteiger partial charge in [-0.2, -0.15) is 5.10 Å². The predicted molar refractivity (Wildman–Crippen MR) is 133 cm³/mol. The van der Waals surface area contributed by atoms with Crippen molar-refractivity contribution in [3.63, 3.8) is 0 Å². The Morgan fingerprint density at radius 2 is 1.89 bits per heavy atom. The number of hydrogen-bond donors (Lipinski definition) is 0. The van der Waals surface area contributed by atoms with E-state index >= 15 is 0 Å². The van der Waals surface area contributed by atoms with Gasteiger partial charge in [0.2, 0.25) is 0 Å². The van der Waals surface area contributed by atoms with Crippen molar-refractivity contribution in [2.45, 2.75) is 44.7 Å². The summed E-state index contributed by atoms with van der Waals surface area (Å²) in [4.78, 5) is 28.1. The molecule has 8 nitrogen and oxygen atoms in total. The summed E-state index contributed by atoms with van der Waals surface area (Å²) in [5.41, 5.74) is 2.60. The molecule has 2 aromatic rings. The summed E-state index contributed by atoms with van der Waals surface area (Å²) in [6.45, 7) is 2.90. The van der Waals surface area contributed by atoms with Crippen LogP contribution in [0, 0.1) is 0 Å². The number of likely N-dealkylation sites (tertiary alicyclic amines) is 1. The van der Waals surface area contributed by atoms with E-state index in [0.717, 1.165) is 35.4 Å². The number of carbonyl (C=O) groups is 2. The number of nitrogens with zero attached hydrogens (tertiary/aromatic N) is 3. The summed E-state index contributed by atoms with van der Waals surface area (Å²) >= 11 is 0. The molecule has 2 aliphatic heterocycles. The van der Waals surface area contributed by atoms with Crippen LogP contribution in [0.15, 0.2) is 53.6 Å².